The lowest BCUT2D eigenvalue weighted by Gasteiger charge is -2.36. The van der Waals surface area contributed by atoms with Crippen molar-refractivity contribution in [1.82, 2.24) is 0 Å². The molecule has 2 aromatic carbocycles. The SMILES string of the molecule is C.CC(=O)Oc1ccc(C(=O)OC2CC(C)CCC2C(C)C)cc1.CC1CCC(C(C)C)C(OC(=O)c2ccc(O)cc2)C1.CO. The standard InChI is InChI=1S/C19H26O4.C17H24O3.CH4O.CH4/c1-12(2)17-10-5-13(3)11-18(17)23-19(21)15-6-8-16(9-7-15)22-14(4)20;1-11(2)15-9-4-12(3)10-16(15)20-17(19)13-5-7-14(18)8-6-13;1-2;/h6-9,12-13,17-18H,5,10-11H2,1-4H3;5-8,11-12,15-16,18H,4,9-10H2,1-3H3;2H,1H3;1H4. The fourth-order valence-corrected chi connectivity index (χ4v) is 6.33. The monoisotopic (exact) mass is 642 g/mol. The largest absolute Gasteiger partial charge is 0.508 e. The van der Waals surface area contributed by atoms with Crippen molar-refractivity contribution < 1.29 is 38.8 Å². The van der Waals surface area contributed by atoms with Crippen LogP contribution in [0.15, 0.2) is 48.5 Å². The summed E-state index contributed by atoms with van der Waals surface area (Å²) < 4.78 is 16.5. The Morgan fingerprint density at radius 1 is 0.674 bits per heavy atom. The molecule has 2 aliphatic carbocycles. The molecular weight excluding hydrogens is 584 g/mol. The first-order valence-electron chi connectivity index (χ1n) is 16.3. The molecule has 0 saturated heterocycles. The molecular formula is C38H58O8. The summed E-state index contributed by atoms with van der Waals surface area (Å²) in [5.74, 6) is 2.75. The molecule has 46 heavy (non-hydrogen) atoms. The van der Waals surface area contributed by atoms with Crippen LogP contribution in [0, 0.1) is 35.5 Å². The number of aliphatic hydroxyl groups is 1. The van der Waals surface area contributed by atoms with Crippen LogP contribution in [0.5, 0.6) is 11.5 Å². The van der Waals surface area contributed by atoms with Gasteiger partial charge in [-0.1, -0.05) is 61.8 Å². The van der Waals surface area contributed by atoms with Crippen molar-refractivity contribution in [3.8, 4) is 11.5 Å². The second kappa shape index (κ2) is 20.0. The van der Waals surface area contributed by atoms with Crippen LogP contribution in [0.4, 0.5) is 0 Å². The number of aromatic hydroxyl groups is 1. The van der Waals surface area contributed by atoms with Crippen molar-refractivity contribution in [3.05, 3.63) is 59.7 Å². The number of carbonyl (C=O) groups excluding carboxylic acids is 3. The number of rotatable bonds is 7. The van der Waals surface area contributed by atoms with Gasteiger partial charge in [0.2, 0.25) is 0 Å². The van der Waals surface area contributed by atoms with Crippen molar-refractivity contribution in [2.75, 3.05) is 7.11 Å². The maximum atomic E-state index is 12.4. The summed E-state index contributed by atoms with van der Waals surface area (Å²) in [7, 11) is 1.00. The van der Waals surface area contributed by atoms with Gasteiger partial charge < -0.3 is 24.4 Å². The fourth-order valence-electron chi connectivity index (χ4n) is 6.33. The van der Waals surface area contributed by atoms with Crippen LogP contribution in [0.2, 0.25) is 0 Å². The summed E-state index contributed by atoms with van der Waals surface area (Å²) in [6.07, 6.45) is 6.55. The number of hydrogen-bond acceptors (Lipinski definition) is 8. The predicted molar refractivity (Wildman–Crippen MR) is 182 cm³/mol. The molecule has 8 nitrogen and oxygen atoms in total. The molecule has 0 bridgehead atoms. The zero-order valence-electron chi connectivity index (χ0n) is 28.3. The minimum absolute atomic E-state index is 0. The van der Waals surface area contributed by atoms with Gasteiger partial charge in [0.25, 0.3) is 0 Å². The highest BCUT2D eigenvalue weighted by Gasteiger charge is 2.34. The van der Waals surface area contributed by atoms with Gasteiger partial charge in [-0.05, 0) is 110 Å². The summed E-state index contributed by atoms with van der Waals surface area (Å²) in [5.41, 5.74) is 0.991. The highest BCUT2D eigenvalue weighted by Crippen LogP contribution is 2.37. The highest BCUT2D eigenvalue weighted by molar-refractivity contribution is 5.90. The van der Waals surface area contributed by atoms with Gasteiger partial charge in [0.1, 0.15) is 23.7 Å². The predicted octanol–water partition coefficient (Wildman–Crippen LogP) is 8.48. The number of phenols is 1. The molecule has 2 aliphatic rings. The second-order valence-corrected chi connectivity index (χ2v) is 13.2. The molecule has 8 heteroatoms. The third-order valence-electron chi connectivity index (χ3n) is 8.89. The van der Waals surface area contributed by atoms with Crippen LogP contribution >= 0.6 is 0 Å². The van der Waals surface area contributed by atoms with E-state index in [2.05, 4.69) is 41.5 Å². The van der Waals surface area contributed by atoms with Gasteiger partial charge in [-0.2, -0.15) is 0 Å². The van der Waals surface area contributed by atoms with E-state index in [1.165, 1.54) is 31.9 Å². The number of hydrogen-bond donors (Lipinski definition) is 2. The van der Waals surface area contributed by atoms with E-state index < -0.39 is 0 Å². The number of carbonyl (C=O) groups is 3. The number of benzene rings is 2. The van der Waals surface area contributed by atoms with Gasteiger partial charge in [0.15, 0.2) is 0 Å². The molecule has 0 aromatic heterocycles. The van der Waals surface area contributed by atoms with Crippen LogP contribution in [-0.2, 0) is 14.3 Å². The zero-order valence-corrected chi connectivity index (χ0v) is 28.3. The van der Waals surface area contributed by atoms with E-state index >= 15 is 0 Å². The third kappa shape index (κ3) is 12.8. The van der Waals surface area contributed by atoms with Gasteiger partial charge in [-0.3, -0.25) is 4.79 Å². The quantitative estimate of drug-likeness (QED) is 0.228. The topological polar surface area (TPSA) is 119 Å². The van der Waals surface area contributed by atoms with Gasteiger partial charge in [0, 0.05) is 14.0 Å². The minimum Gasteiger partial charge on any atom is -0.508 e. The molecule has 0 spiro atoms. The second-order valence-electron chi connectivity index (χ2n) is 13.2. The van der Waals surface area contributed by atoms with E-state index in [-0.39, 0.29) is 43.3 Å². The first-order valence-corrected chi connectivity index (χ1v) is 16.3. The van der Waals surface area contributed by atoms with Crippen LogP contribution < -0.4 is 4.74 Å². The Morgan fingerprint density at radius 3 is 1.39 bits per heavy atom. The van der Waals surface area contributed by atoms with Gasteiger partial charge in [-0.25, -0.2) is 9.59 Å². The highest BCUT2D eigenvalue weighted by atomic mass is 16.5. The Morgan fingerprint density at radius 2 is 1.04 bits per heavy atom. The smallest absolute Gasteiger partial charge is 0.338 e. The Kier molecular flexibility index (Phi) is 17.6. The molecule has 2 fully saturated rings. The van der Waals surface area contributed by atoms with E-state index in [1.54, 1.807) is 36.4 Å². The Bertz CT molecular complexity index is 1190. The summed E-state index contributed by atoms with van der Waals surface area (Å²) in [6, 6.07) is 12.7. The average Bonchev–Trinajstić information content (AvgIpc) is 2.98. The first-order chi connectivity index (χ1) is 21.3. The molecule has 6 unspecified atom stereocenters. The average molecular weight is 643 g/mol. The van der Waals surface area contributed by atoms with Crippen molar-refractivity contribution in [1.29, 1.82) is 0 Å². The molecule has 2 N–H and O–H groups in total. The third-order valence-corrected chi connectivity index (χ3v) is 8.89. The summed E-state index contributed by atoms with van der Waals surface area (Å²) >= 11 is 0. The van der Waals surface area contributed by atoms with Crippen molar-refractivity contribution in [2.45, 2.75) is 107 Å². The number of aliphatic hydroxyl groups excluding tert-OH is 1. The zero-order chi connectivity index (χ0) is 33.7. The van der Waals surface area contributed by atoms with Crippen LogP contribution in [-0.4, -0.2) is 47.4 Å². The summed E-state index contributed by atoms with van der Waals surface area (Å²) in [4.78, 5) is 35.5. The normalized spacial score (nSPS) is 23.8. The molecule has 4 rings (SSSR count). The van der Waals surface area contributed by atoms with Gasteiger partial charge in [0.05, 0.1) is 11.1 Å². The van der Waals surface area contributed by atoms with Crippen LogP contribution in [0.25, 0.3) is 0 Å². The van der Waals surface area contributed by atoms with Crippen molar-refractivity contribution >= 4 is 17.9 Å². The van der Waals surface area contributed by atoms with Gasteiger partial charge in [-0.15, -0.1) is 0 Å². The molecule has 0 amide bonds. The summed E-state index contributed by atoms with van der Waals surface area (Å²) in [6.45, 7) is 14.6. The van der Waals surface area contributed by atoms with E-state index in [1.807, 2.05) is 0 Å². The number of ether oxygens (including phenoxy) is 3. The number of esters is 3. The maximum absolute atomic E-state index is 12.4. The molecule has 0 radical (unpaired) electrons. The van der Waals surface area contributed by atoms with Crippen LogP contribution in [0.3, 0.4) is 0 Å². The molecule has 2 aromatic rings. The van der Waals surface area contributed by atoms with Gasteiger partial charge >= 0.3 is 17.9 Å². The lowest BCUT2D eigenvalue weighted by Crippen LogP contribution is -2.35. The lowest BCUT2D eigenvalue weighted by molar-refractivity contribution is -0.131. The van der Waals surface area contributed by atoms with E-state index in [9.17, 15) is 19.5 Å². The number of phenolic OH excluding ortho intramolecular Hbond substituents is 1. The molecule has 0 aliphatic heterocycles. The Balaban J connectivity index is 0.000000431. The summed E-state index contributed by atoms with van der Waals surface area (Å²) in [5, 5.41) is 16.3. The van der Waals surface area contributed by atoms with Crippen LogP contribution in [0.1, 0.15) is 115 Å². The first kappa shape index (κ1) is 40.6. The molecule has 6 atom stereocenters. The molecule has 2 saturated carbocycles. The van der Waals surface area contributed by atoms with E-state index in [4.69, 9.17) is 19.3 Å². The molecule has 0 heterocycles. The minimum atomic E-state index is -0.378. The van der Waals surface area contributed by atoms with E-state index in [0.717, 1.165) is 32.8 Å². The van der Waals surface area contributed by atoms with Crippen molar-refractivity contribution in [2.24, 2.45) is 35.5 Å². The Labute approximate surface area is 276 Å². The lowest BCUT2D eigenvalue weighted by atomic mass is 9.75. The van der Waals surface area contributed by atoms with Crippen molar-refractivity contribution in [3.63, 3.8) is 0 Å². The fraction of sp³-hybridized carbons (Fsp3) is 0.605. The Hall–Kier alpha value is -3.39. The van der Waals surface area contributed by atoms with E-state index in [0.29, 0.717) is 52.4 Å². The maximum Gasteiger partial charge on any atom is 0.338 e. The molecule has 258 valence electrons.